The molecule has 7 nitrogen and oxygen atoms in total. The normalized spacial score (nSPS) is 19.5. The SMILES string of the molecule is O=c1nc(OCc2cc(F)c(Oc3ccnc(C(F)(F)F)c3)c(F)c2)cc2n1C[C@H]1CC3(CCC3)CN21. The zero-order valence-electron chi connectivity index (χ0n) is 19.4. The fourth-order valence-corrected chi connectivity index (χ4v) is 5.50. The fraction of sp³-hybridized carbons (Fsp3) is 0.400. The van der Waals surface area contributed by atoms with Gasteiger partial charge < -0.3 is 14.4 Å². The predicted molar refractivity (Wildman–Crippen MR) is 121 cm³/mol. The first-order valence-electron chi connectivity index (χ1n) is 11.8. The van der Waals surface area contributed by atoms with E-state index in [9.17, 15) is 26.7 Å². The van der Waals surface area contributed by atoms with Crippen LogP contribution in [0.3, 0.4) is 0 Å². The molecule has 1 saturated carbocycles. The van der Waals surface area contributed by atoms with Crippen molar-refractivity contribution >= 4 is 5.82 Å². The van der Waals surface area contributed by atoms with Crippen molar-refractivity contribution in [2.45, 2.75) is 51.1 Å². The smallest absolute Gasteiger partial charge is 0.433 e. The van der Waals surface area contributed by atoms with Crippen LogP contribution < -0.4 is 20.1 Å². The highest BCUT2D eigenvalue weighted by molar-refractivity contribution is 5.49. The van der Waals surface area contributed by atoms with Crippen molar-refractivity contribution in [3.63, 3.8) is 0 Å². The van der Waals surface area contributed by atoms with Gasteiger partial charge in [-0.05, 0) is 48.4 Å². The lowest BCUT2D eigenvalue weighted by molar-refractivity contribution is -0.141. The molecule has 1 aliphatic carbocycles. The van der Waals surface area contributed by atoms with Crippen LogP contribution in [-0.2, 0) is 19.3 Å². The first kappa shape index (κ1) is 23.7. The lowest BCUT2D eigenvalue weighted by atomic mass is 9.67. The Bertz CT molecular complexity index is 1410. The third kappa shape index (κ3) is 4.27. The van der Waals surface area contributed by atoms with Gasteiger partial charge in [0.2, 0.25) is 5.88 Å². The molecule has 1 saturated heterocycles. The van der Waals surface area contributed by atoms with Gasteiger partial charge >= 0.3 is 11.9 Å². The first-order valence-corrected chi connectivity index (χ1v) is 11.8. The van der Waals surface area contributed by atoms with Crippen molar-refractivity contribution in [1.82, 2.24) is 14.5 Å². The summed E-state index contributed by atoms with van der Waals surface area (Å²) in [5.74, 6) is -2.75. The molecule has 1 aromatic carbocycles. The average Bonchev–Trinajstić information content (AvgIpc) is 3.36. The highest BCUT2D eigenvalue weighted by Gasteiger charge is 2.50. The molecule has 1 spiro atoms. The number of halogens is 5. The summed E-state index contributed by atoms with van der Waals surface area (Å²) in [7, 11) is 0. The van der Waals surface area contributed by atoms with Gasteiger partial charge in [0.15, 0.2) is 17.4 Å². The maximum atomic E-state index is 14.6. The van der Waals surface area contributed by atoms with Crippen LogP contribution in [0.5, 0.6) is 17.4 Å². The summed E-state index contributed by atoms with van der Waals surface area (Å²) in [5.41, 5.74) is -1.28. The zero-order chi connectivity index (χ0) is 25.9. The van der Waals surface area contributed by atoms with Crippen LogP contribution in [0, 0.1) is 17.0 Å². The van der Waals surface area contributed by atoms with Crippen LogP contribution in [-0.4, -0.2) is 27.1 Å². The Labute approximate surface area is 207 Å². The summed E-state index contributed by atoms with van der Waals surface area (Å²) in [6.07, 6.45) is 0.763. The second-order valence-corrected chi connectivity index (χ2v) is 9.84. The van der Waals surface area contributed by atoms with Gasteiger partial charge in [-0.2, -0.15) is 18.2 Å². The number of nitrogens with zero attached hydrogens (tertiary/aromatic N) is 4. The van der Waals surface area contributed by atoms with Crippen LogP contribution in [0.25, 0.3) is 0 Å². The van der Waals surface area contributed by atoms with Crippen LogP contribution in [0.1, 0.15) is 36.9 Å². The van der Waals surface area contributed by atoms with E-state index in [0.29, 0.717) is 18.0 Å². The van der Waals surface area contributed by atoms with Gasteiger partial charge in [-0.3, -0.25) is 9.55 Å². The Kier molecular flexibility index (Phi) is 5.39. The number of alkyl halides is 3. The molecule has 2 aromatic heterocycles. The van der Waals surface area contributed by atoms with Gasteiger partial charge in [0.25, 0.3) is 0 Å². The molecule has 4 heterocycles. The number of hydrogen-bond donors (Lipinski definition) is 0. The summed E-state index contributed by atoms with van der Waals surface area (Å²) in [6.45, 7) is 1.19. The van der Waals surface area contributed by atoms with Gasteiger partial charge in [0.1, 0.15) is 23.9 Å². The Balaban J connectivity index is 1.17. The molecule has 3 aliphatic rings. The molecular weight excluding hydrogens is 499 g/mol. The topological polar surface area (TPSA) is 69.5 Å². The molecule has 12 heteroatoms. The number of benzene rings is 1. The van der Waals surface area contributed by atoms with Crippen LogP contribution >= 0.6 is 0 Å². The van der Waals surface area contributed by atoms with Crippen molar-refractivity contribution in [1.29, 1.82) is 0 Å². The molecule has 0 radical (unpaired) electrons. The second kappa shape index (κ2) is 8.42. The Morgan fingerprint density at radius 1 is 1.11 bits per heavy atom. The number of hydrogen-bond acceptors (Lipinski definition) is 6. The summed E-state index contributed by atoms with van der Waals surface area (Å²) in [5, 5.41) is 0. The van der Waals surface area contributed by atoms with Gasteiger partial charge in [-0.25, -0.2) is 13.6 Å². The van der Waals surface area contributed by atoms with Crippen molar-refractivity contribution in [3.8, 4) is 17.4 Å². The molecule has 2 fully saturated rings. The number of fused-ring (bicyclic) bond motifs is 3. The summed E-state index contributed by atoms with van der Waals surface area (Å²) in [6, 6.07) is 5.42. The van der Waals surface area contributed by atoms with Gasteiger partial charge in [0.05, 0.1) is 0 Å². The molecule has 6 rings (SSSR count). The zero-order valence-corrected chi connectivity index (χ0v) is 19.4. The molecule has 1 atom stereocenters. The molecule has 0 N–H and O–H groups in total. The van der Waals surface area contributed by atoms with Gasteiger partial charge in [-0.15, -0.1) is 0 Å². The number of anilines is 1. The van der Waals surface area contributed by atoms with E-state index in [-0.39, 0.29) is 24.1 Å². The van der Waals surface area contributed by atoms with Crippen molar-refractivity contribution < 1.29 is 31.4 Å². The Morgan fingerprint density at radius 2 is 1.86 bits per heavy atom. The quantitative estimate of drug-likeness (QED) is 0.438. The standard InChI is InChI=1S/C25H21F5N4O3/c26-17-6-14(7-18(27)22(17)37-16-2-5-31-19(8-16)25(28,29)30)12-36-20-9-21-33(23(35)32-20)11-15-10-24(3-1-4-24)13-34(15)21/h2,5-9,15H,1,3-4,10-13H2/t15-/m1/s1. The molecule has 194 valence electrons. The minimum Gasteiger partial charge on any atom is -0.473 e. The Hall–Kier alpha value is -3.70. The lowest BCUT2D eigenvalue weighted by Gasteiger charge is -2.38. The summed E-state index contributed by atoms with van der Waals surface area (Å²) in [4.78, 5) is 21.9. The monoisotopic (exact) mass is 520 g/mol. The van der Waals surface area contributed by atoms with Gasteiger partial charge in [-0.1, -0.05) is 6.42 Å². The average molecular weight is 520 g/mol. The molecule has 37 heavy (non-hydrogen) atoms. The highest BCUT2D eigenvalue weighted by atomic mass is 19.4. The van der Waals surface area contributed by atoms with Crippen LogP contribution in [0.4, 0.5) is 27.8 Å². The maximum absolute atomic E-state index is 14.6. The van der Waals surface area contributed by atoms with E-state index < -0.39 is 40.7 Å². The molecule has 0 unspecified atom stereocenters. The van der Waals surface area contributed by atoms with E-state index in [4.69, 9.17) is 9.47 Å². The first-order chi connectivity index (χ1) is 17.6. The summed E-state index contributed by atoms with van der Waals surface area (Å²) < 4.78 is 80.1. The third-order valence-corrected chi connectivity index (χ3v) is 7.37. The lowest BCUT2D eigenvalue weighted by Crippen LogP contribution is -2.34. The molecule has 3 aromatic rings. The number of pyridine rings is 1. The Morgan fingerprint density at radius 3 is 2.54 bits per heavy atom. The van der Waals surface area contributed by atoms with Crippen molar-refractivity contribution in [2.24, 2.45) is 5.41 Å². The third-order valence-electron chi connectivity index (χ3n) is 7.37. The van der Waals surface area contributed by atoms with E-state index in [0.717, 1.165) is 43.2 Å². The van der Waals surface area contributed by atoms with Crippen LogP contribution in [0.15, 0.2) is 41.3 Å². The largest absolute Gasteiger partial charge is 0.473 e. The minimum absolute atomic E-state index is 0.0454. The number of rotatable bonds is 5. The van der Waals surface area contributed by atoms with E-state index in [1.807, 2.05) is 0 Å². The number of ether oxygens (including phenoxy) is 2. The second-order valence-electron chi connectivity index (χ2n) is 9.84. The van der Waals surface area contributed by atoms with E-state index in [1.165, 1.54) is 19.3 Å². The van der Waals surface area contributed by atoms with Crippen molar-refractivity contribution in [2.75, 3.05) is 11.4 Å². The van der Waals surface area contributed by atoms with E-state index >= 15 is 0 Å². The molecular formula is C25H21F5N4O3. The molecule has 0 amide bonds. The summed E-state index contributed by atoms with van der Waals surface area (Å²) >= 11 is 0. The molecule has 2 aliphatic heterocycles. The van der Waals surface area contributed by atoms with E-state index in [2.05, 4.69) is 14.9 Å². The van der Waals surface area contributed by atoms with E-state index in [1.54, 1.807) is 10.6 Å². The highest BCUT2D eigenvalue weighted by Crippen LogP contribution is 2.53. The fourth-order valence-electron chi connectivity index (χ4n) is 5.50. The molecule has 0 bridgehead atoms. The number of aromatic nitrogens is 3. The van der Waals surface area contributed by atoms with Crippen molar-refractivity contribution in [3.05, 3.63) is 69.9 Å². The predicted octanol–water partition coefficient (Wildman–Crippen LogP) is 5.07. The van der Waals surface area contributed by atoms with Gasteiger partial charge in [0, 0.05) is 37.5 Å². The maximum Gasteiger partial charge on any atom is 0.433 e. The minimum atomic E-state index is -4.74. The van der Waals surface area contributed by atoms with Crippen LogP contribution in [0.2, 0.25) is 0 Å².